The molecule has 0 saturated heterocycles. The molecule has 0 unspecified atom stereocenters. The first-order valence-electron chi connectivity index (χ1n) is 5.22. The molecule has 3 N–H and O–H groups in total. The van der Waals surface area contributed by atoms with Crippen LogP contribution in [-0.2, 0) is 0 Å². The fourth-order valence-electron chi connectivity index (χ4n) is 1.30. The van der Waals surface area contributed by atoms with E-state index in [1.165, 1.54) is 0 Å². The molecule has 5 nitrogen and oxygen atoms in total. The van der Waals surface area contributed by atoms with Gasteiger partial charge in [-0.1, -0.05) is 13.3 Å². The third kappa shape index (κ3) is 3.71. The van der Waals surface area contributed by atoms with Crippen molar-refractivity contribution in [1.29, 1.82) is 0 Å². The zero-order valence-electron chi connectivity index (χ0n) is 9.06. The number of aromatic nitrogens is 2. The van der Waals surface area contributed by atoms with Crippen LogP contribution in [0.15, 0.2) is 12.3 Å². The smallest absolute Gasteiger partial charge is 0.227 e. The molecule has 0 atom stereocenters. The van der Waals surface area contributed by atoms with Crippen LogP contribution in [0.5, 0.6) is 0 Å². The Morgan fingerprint density at radius 2 is 2.27 bits per heavy atom. The number of nitrogen functional groups attached to an aromatic ring is 1. The van der Waals surface area contributed by atoms with Crippen molar-refractivity contribution in [2.75, 3.05) is 30.3 Å². The van der Waals surface area contributed by atoms with Gasteiger partial charge in [-0.15, -0.1) is 0 Å². The van der Waals surface area contributed by atoms with Crippen LogP contribution >= 0.6 is 0 Å². The van der Waals surface area contributed by atoms with E-state index < -0.39 is 0 Å². The molecular weight excluding hydrogens is 192 g/mol. The van der Waals surface area contributed by atoms with Crippen LogP contribution in [-0.4, -0.2) is 34.8 Å². The molecule has 0 spiro atoms. The summed E-state index contributed by atoms with van der Waals surface area (Å²) in [6.45, 7) is 3.61. The van der Waals surface area contributed by atoms with Gasteiger partial charge in [0.25, 0.3) is 0 Å². The van der Waals surface area contributed by atoms with E-state index in [4.69, 9.17) is 10.8 Å². The van der Waals surface area contributed by atoms with E-state index >= 15 is 0 Å². The van der Waals surface area contributed by atoms with Gasteiger partial charge in [0, 0.05) is 19.3 Å². The summed E-state index contributed by atoms with van der Waals surface area (Å²) in [5.74, 6) is 1.05. The van der Waals surface area contributed by atoms with Gasteiger partial charge in [0.2, 0.25) is 5.95 Å². The number of nitrogens with two attached hydrogens (primary N) is 1. The largest absolute Gasteiger partial charge is 0.395 e. The average Bonchev–Trinajstić information content (AvgIpc) is 2.24. The van der Waals surface area contributed by atoms with E-state index in [1.54, 1.807) is 12.3 Å². The summed E-state index contributed by atoms with van der Waals surface area (Å²) in [6.07, 6.45) is 3.79. The van der Waals surface area contributed by atoms with Gasteiger partial charge in [0.05, 0.1) is 6.61 Å². The van der Waals surface area contributed by atoms with Crippen molar-refractivity contribution in [2.24, 2.45) is 0 Å². The number of hydrogen-bond acceptors (Lipinski definition) is 5. The highest BCUT2D eigenvalue weighted by atomic mass is 16.3. The number of rotatable bonds is 6. The van der Waals surface area contributed by atoms with E-state index in [0.717, 1.165) is 19.4 Å². The summed E-state index contributed by atoms with van der Waals surface area (Å²) in [5.41, 5.74) is 5.58. The Morgan fingerprint density at radius 1 is 1.47 bits per heavy atom. The third-order valence-electron chi connectivity index (χ3n) is 2.10. The normalized spacial score (nSPS) is 10.3. The van der Waals surface area contributed by atoms with Gasteiger partial charge in [0.15, 0.2) is 0 Å². The quantitative estimate of drug-likeness (QED) is 0.721. The molecule has 0 aliphatic heterocycles. The Kier molecular flexibility index (Phi) is 4.83. The van der Waals surface area contributed by atoms with Crippen LogP contribution in [0.3, 0.4) is 0 Å². The summed E-state index contributed by atoms with van der Waals surface area (Å²) < 4.78 is 0. The van der Waals surface area contributed by atoms with Crippen LogP contribution in [0.25, 0.3) is 0 Å². The zero-order chi connectivity index (χ0) is 11.1. The van der Waals surface area contributed by atoms with Crippen LogP contribution in [0.2, 0.25) is 0 Å². The zero-order valence-corrected chi connectivity index (χ0v) is 9.06. The molecule has 84 valence electrons. The highest BCUT2D eigenvalue weighted by Gasteiger charge is 2.07. The standard InChI is InChI=1S/C10H18N4O/c1-2-3-6-14(7-8-15)10-12-5-4-9(11)13-10/h4-5,15H,2-3,6-8H2,1H3,(H2,11,12,13). The highest BCUT2D eigenvalue weighted by Crippen LogP contribution is 2.09. The van der Waals surface area contributed by atoms with Crippen molar-refractivity contribution in [3.8, 4) is 0 Å². The summed E-state index contributed by atoms with van der Waals surface area (Å²) in [4.78, 5) is 10.2. The van der Waals surface area contributed by atoms with Gasteiger partial charge >= 0.3 is 0 Å². The van der Waals surface area contributed by atoms with Gasteiger partial charge in [-0.25, -0.2) is 4.98 Å². The molecule has 0 saturated carbocycles. The topological polar surface area (TPSA) is 75.3 Å². The fourth-order valence-corrected chi connectivity index (χ4v) is 1.30. The summed E-state index contributed by atoms with van der Waals surface area (Å²) >= 11 is 0. The number of anilines is 2. The van der Waals surface area contributed by atoms with E-state index in [2.05, 4.69) is 16.9 Å². The lowest BCUT2D eigenvalue weighted by Crippen LogP contribution is -2.29. The maximum atomic E-state index is 8.94. The van der Waals surface area contributed by atoms with E-state index in [0.29, 0.717) is 18.3 Å². The highest BCUT2D eigenvalue weighted by molar-refractivity contribution is 5.37. The summed E-state index contributed by atoms with van der Waals surface area (Å²) in [6, 6.07) is 1.65. The second-order valence-electron chi connectivity index (χ2n) is 3.35. The fraction of sp³-hybridized carbons (Fsp3) is 0.600. The number of unbranched alkanes of at least 4 members (excludes halogenated alkanes) is 1. The molecule has 1 aromatic heterocycles. The first kappa shape index (κ1) is 11.7. The van der Waals surface area contributed by atoms with Crippen molar-refractivity contribution in [3.05, 3.63) is 12.3 Å². The number of hydrogen-bond donors (Lipinski definition) is 2. The van der Waals surface area contributed by atoms with Crippen molar-refractivity contribution in [3.63, 3.8) is 0 Å². The Bertz CT molecular complexity index is 293. The summed E-state index contributed by atoms with van der Waals surface area (Å²) in [5, 5.41) is 8.94. The Balaban J connectivity index is 2.69. The number of nitrogens with zero attached hydrogens (tertiary/aromatic N) is 3. The molecule has 1 rings (SSSR count). The molecule has 5 heteroatoms. The van der Waals surface area contributed by atoms with Gasteiger partial charge in [0.1, 0.15) is 5.82 Å². The van der Waals surface area contributed by atoms with Gasteiger partial charge in [-0.2, -0.15) is 4.98 Å². The molecule has 0 radical (unpaired) electrons. The maximum absolute atomic E-state index is 8.94. The van der Waals surface area contributed by atoms with E-state index in [-0.39, 0.29) is 6.61 Å². The van der Waals surface area contributed by atoms with Crippen molar-refractivity contribution in [1.82, 2.24) is 9.97 Å². The second kappa shape index (κ2) is 6.19. The molecule has 0 aliphatic rings. The second-order valence-corrected chi connectivity index (χ2v) is 3.35. The minimum Gasteiger partial charge on any atom is -0.395 e. The molecule has 0 bridgehead atoms. The van der Waals surface area contributed by atoms with Crippen molar-refractivity contribution in [2.45, 2.75) is 19.8 Å². The first-order valence-corrected chi connectivity index (χ1v) is 5.22. The Hall–Kier alpha value is -1.36. The first-order chi connectivity index (χ1) is 7.27. The minimum atomic E-state index is 0.0991. The van der Waals surface area contributed by atoms with Gasteiger partial charge in [-0.05, 0) is 12.5 Å². The average molecular weight is 210 g/mol. The van der Waals surface area contributed by atoms with Crippen LogP contribution in [0.1, 0.15) is 19.8 Å². The van der Waals surface area contributed by atoms with Crippen LogP contribution in [0.4, 0.5) is 11.8 Å². The number of aliphatic hydroxyl groups excluding tert-OH is 1. The van der Waals surface area contributed by atoms with Crippen LogP contribution in [0, 0.1) is 0 Å². The van der Waals surface area contributed by atoms with Crippen LogP contribution < -0.4 is 10.6 Å². The van der Waals surface area contributed by atoms with Gasteiger partial charge < -0.3 is 15.7 Å². The predicted molar refractivity (Wildman–Crippen MR) is 60.7 cm³/mol. The van der Waals surface area contributed by atoms with Crippen molar-refractivity contribution >= 4 is 11.8 Å². The van der Waals surface area contributed by atoms with E-state index in [9.17, 15) is 0 Å². The lowest BCUT2D eigenvalue weighted by atomic mass is 10.3. The monoisotopic (exact) mass is 210 g/mol. The lowest BCUT2D eigenvalue weighted by molar-refractivity contribution is 0.301. The molecule has 0 amide bonds. The van der Waals surface area contributed by atoms with Gasteiger partial charge in [-0.3, -0.25) is 0 Å². The molecule has 1 aromatic rings. The van der Waals surface area contributed by atoms with E-state index in [1.807, 2.05) is 4.90 Å². The number of aliphatic hydroxyl groups is 1. The SMILES string of the molecule is CCCCN(CCO)c1nccc(N)n1. The molecule has 0 fully saturated rings. The predicted octanol–water partition coefficient (Wildman–Crippen LogP) is 0.658. The summed E-state index contributed by atoms with van der Waals surface area (Å²) in [7, 11) is 0. The molecule has 0 aromatic carbocycles. The third-order valence-corrected chi connectivity index (χ3v) is 2.10. The maximum Gasteiger partial charge on any atom is 0.227 e. The lowest BCUT2D eigenvalue weighted by Gasteiger charge is -2.21. The Morgan fingerprint density at radius 3 is 2.87 bits per heavy atom. The minimum absolute atomic E-state index is 0.0991. The molecule has 0 aliphatic carbocycles. The molecule has 1 heterocycles. The Labute approximate surface area is 90.0 Å². The molecular formula is C10H18N4O. The van der Waals surface area contributed by atoms with Crippen molar-refractivity contribution < 1.29 is 5.11 Å². The molecule has 15 heavy (non-hydrogen) atoms.